The van der Waals surface area contributed by atoms with Crippen molar-refractivity contribution < 1.29 is 45.8 Å². The molecular weight excluding hydrogens is 576 g/mol. The molecule has 1 aromatic carbocycles. The molecule has 0 saturated carbocycles. The minimum Gasteiger partial charge on any atom is -0.475 e. The van der Waals surface area contributed by atoms with Gasteiger partial charge in [-0.2, -0.15) is 31.4 Å². The van der Waals surface area contributed by atoms with E-state index in [0.717, 1.165) is 32.0 Å². The first-order chi connectivity index (χ1) is 19.7. The van der Waals surface area contributed by atoms with Crippen molar-refractivity contribution in [1.82, 2.24) is 14.6 Å². The van der Waals surface area contributed by atoms with E-state index in [-0.39, 0.29) is 22.9 Å². The van der Waals surface area contributed by atoms with Gasteiger partial charge < -0.3 is 30.7 Å². The van der Waals surface area contributed by atoms with E-state index in [4.69, 9.17) is 20.4 Å². The molecule has 0 atom stereocenters. The van der Waals surface area contributed by atoms with E-state index in [1.54, 1.807) is 18.3 Å². The number of anilines is 3. The van der Waals surface area contributed by atoms with Gasteiger partial charge in [-0.1, -0.05) is 0 Å². The minimum atomic E-state index is -5.08. The molecule has 0 aliphatic carbocycles. The number of nitrogens with zero attached hydrogens (tertiary/aromatic N) is 5. The Hall–Kier alpha value is -4.12. The van der Waals surface area contributed by atoms with Crippen molar-refractivity contribution in [2.75, 3.05) is 54.5 Å². The summed E-state index contributed by atoms with van der Waals surface area (Å²) < 4.78 is 80.1. The summed E-state index contributed by atoms with van der Waals surface area (Å²) in [6, 6.07) is 5.87. The zero-order valence-electron chi connectivity index (χ0n) is 22.0. The monoisotopic (exact) mass is 603 g/mol. The molecule has 0 unspecified atom stereocenters. The second kappa shape index (κ2) is 12.4. The number of hydrogen-bond donors (Lipinski definition) is 3. The number of alkyl halides is 6. The molecule has 42 heavy (non-hydrogen) atoms. The number of carboxylic acids is 1. The average Bonchev–Trinajstić information content (AvgIpc) is 3.37. The van der Waals surface area contributed by atoms with Crippen LogP contribution in [0.1, 0.15) is 28.8 Å². The fourth-order valence-corrected chi connectivity index (χ4v) is 4.41. The van der Waals surface area contributed by atoms with Gasteiger partial charge in [0, 0.05) is 44.1 Å². The normalized spacial score (nSPS) is 16.6. The number of nitrogens with two attached hydrogens (primary N) is 1. The van der Waals surface area contributed by atoms with Crippen molar-refractivity contribution in [3.05, 3.63) is 47.8 Å². The summed E-state index contributed by atoms with van der Waals surface area (Å²) in [7, 11) is 0. The summed E-state index contributed by atoms with van der Waals surface area (Å²) in [5.41, 5.74) is 5.54. The molecule has 2 aromatic heterocycles. The van der Waals surface area contributed by atoms with Crippen LogP contribution in [0.15, 0.2) is 36.7 Å². The third-order valence-corrected chi connectivity index (χ3v) is 6.64. The SMILES string of the molecule is NC1CCN(c2ccn3ncc(C(=O)Nc4ccc(N5CCOCC5)cc4C(F)(F)F)c3n2)CC1.O=C(O)C(F)(F)F. The first kappa shape index (κ1) is 30.8. The van der Waals surface area contributed by atoms with Crippen molar-refractivity contribution in [3.8, 4) is 0 Å². The topological polar surface area (TPSA) is 138 Å². The first-order valence-corrected chi connectivity index (χ1v) is 12.7. The van der Waals surface area contributed by atoms with Crippen LogP contribution in [-0.4, -0.2) is 83.2 Å². The number of piperidine rings is 1. The van der Waals surface area contributed by atoms with Crippen LogP contribution in [0.25, 0.3) is 5.65 Å². The Bertz CT molecular complexity index is 1410. The van der Waals surface area contributed by atoms with E-state index < -0.39 is 29.8 Å². The lowest BCUT2D eigenvalue weighted by Gasteiger charge is -2.31. The molecule has 17 heteroatoms. The quantitative estimate of drug-likeness (QED) is 0.383. The summed E-state index contributed by atoms with van der Waals surface area (Å²) in [6.07, 6.45) is -5.07. The number of carbonyl (C=O) groups is 2. The highest BCUT2D eigenvalue weighted by atomic mass is 19.4. The lowest BCUT2D eigenvalue weighted by Crippen LogP contribution is -2.40. The van der Waals surface area contributed by atoms with Gasteiger partial charge in [0.2, 0.25) is 0 Å². The fourth-order valence-electron chi connectivity index (χ4n) is 4.41. The minimum absolute atomic E-state index is 0.0888. The summed E-state index contributed by atoms with van der Waals surface area (Å²) in [6.45, 7) is 3.39. The fraction of sp³-hybridized carbons (Fsp3) is 0.440. The van der Waals surface area contributed by atoms with Gasteiger partial charge in [0.1, 0.15) is 11.4 Å². The Labute approximate surface area is 234 Å². The highest BCUT2D eigenvalue weighted by Crippen LogP contribution is 2.38. The van der Waals surface area contributed by atoms with Gasteiger partial charge in [-0.25, -0.2) is 14.3 Å². The maximum absolute atomic E-state index is 13.9. The Kier molecular flexibility index (Phi) is 9.10. The molecule has 1 amide bonds. The van der Waals surface area contributed by atoms with Crippen molar-refractivity contribution in [2.45, 2.75) is 31.2 Å². The lowest BCUT2D eigenvalue weighted by molar-refractivity contribution is -0.192. The average molecular weight is 604 g/mol. The van der Waals surface area contributed by atoms with E-state index in [1.165, 1.54) is 16.8 Å². The predicted octanol–water partition coefficient (Wildman–Crippen LogP) is 3.40. The van der Waals surface area contributed by atoms with Crippen LogP contribution in [0.3, 0.4) is 0 Å². The molecule has 228 valence electrons. The van der Waals surface area contributed by atoms with Crippen molar-refractivity contribution in [2.24, 2.45) is 5.73 Å². The standard InChI is InChI=1S/C23H26F3N7O2.C2HF3O2/c24-23(25,26)18-13-16(31-9-11-35-12-10-31)1-2-19(18)29-22(34)17-14-28-33-8-5-20(30-21(17)33)32-6-3-15(27)4-7-32;3-2(4,5)1(6)7/h1-2,5,8,13-15H,3-4,6-7,9-12,27H2,(H,29,34);(H,6,7). The number of benzene rings is 1. The molecule has 0 bridgehead atoms. The number of fused-ring (bicyclic) bond motifs is 1. The lowest BCUT2D eigenvalue weighted by atomic mass is 10.1. The van der Waals surface area contributed by atoms with Crippen molar-refractivity contribution >= 4 is 34.7 Å². The molecule has 0 radical (unpaired) electrons. The third-order valence-electron chi connectivity index (χ3n) is 6.64. The van der Waals surface area contributed by atoms with Crippen LogP contribution < -0.4 is 20.9 Å². The first-order valence-electron chi connectivity index (χ1n) is 12.7. The highest BCUT2D eigenvalue weighted by Gasteiger charge is 2.38. The number of ether oxygens (including phenoxy) is 1. The number of amides is 1. The largest absolute Gasteiger partial charge is 0.490 e. The summed E-state index contributed by atoms with van der Waals surface area (Å²) in [5.74, 6) is -2.80. The number of carbonyl (C=O) groups excluding carboxylic acids is 1. The maximum atomic E-state index is 13.9. The predicted molar refractivity (Wildman–Crippen MR) is 139 cm³/mol. The zero-order chi connectivity index (χ0) is 30.7. The van der Waals surface area contributed by atoms with Crippen LogP contribution in [0.4, 0.5) is 43.5 Å². The van der Waals surface area contributed by atoms with E-state index in [1.807, 2.05) is 4.90 Å². The number of morpholine rings is 1. The third kappa shape index (κ3) is 7.39. The van der Waals surface area contributed by atoms with Gasteiger partial charge in [-0.05, 0) is 37.1 Å². The Morgan fingerprint density at radius 3 is 2.24 bits per heavy atom. The number of aromatic nitrogens is 3. The Morgan fingerprint density at radius 2 is 1.64 bits per heavy atom. The summed E-state index contributed by atoms with van der Waals surface area (Å²) in [5, 5.41) is 13.7. The summed E-state index contributed by atoms with van der Waals surface area (Å²) >= 11 is 0. The number of hydrogen-bond acceptors (Lipinski definition) is 8. The van der Waals surface area contributed by atoms with Crippen LogP contribution in [0.2, 0.25) is 0 Å². The molecule has 4 heterocycles. The highest BCUT2D eigenvalue weighted by molar-refractivity contribution is 6.08. The molecule has 2 fully saturated rings. The van der Waals surface area contributed by atoms with Crippen molar-refractivity contribution in [3.63, 3.8) is 0 Å². The molecule has 5 rings (SSSR count). The Morgan fingerprint density at radius 1 is 1.00 bits per heavy atom. The van der Waals surface area contributed by atoms with Crippen LogP contribution in [-0.2, 0) is 15.7 Å². The number of nitrogens with one attached hydrogen (secondary N) is 1. The molecule has 0 spiro atoms. The molecular formula is C25H27F6N7O4. The smallest absolute Gasteiger partial charge is 0.475 e. The number of carboxylic acid groups (broad SMARTS) is 1. The second-order valence-electron chi connectivity index (χ2n) is 9.52. The molecule has 4 N–H and O–H groups in total. The number of halogens is 6. The van der Waals surface area contributed by atoms with E-state index >= 15 is 0 Å². The Balaban J connectivity index is 0.000000517. The van der Waals surface area contributed by atoms with Crippen LogP contribution in [0.5, 0.6) is 0 Å². The second-order valence-corrected chi connectivity index (χ2v) is 9.52. The van der Waals surface area contributed by atoms with E-state index in [2.05, 4.69) is 20.3 Å². The molecule has 11 nitrogen and oxygen atoms in total. The van der Waals surface area contributed by atoms with Gasteiger partial charge in [0.25, 0.3) is 5.91 Å². The van der Waals surface area contributed by atoms with Crippen LogP contribution >= 0.6 is 0 Å². The van der Waals surface area contributed by atoms with Gasteiger partial charge in [-0.15, -0.1) is 0 Å². The van der Waals surface area contributed by atoms with Gasteiger partial charge >= 0.3 is 18.3 Å². The molecule has 2 aliphatic heterocycles. The molecule has 3 aromatic rings. The molecule has 2 aliphatic rings. The molecule has 2 saturated heterocycles. The zero-order valence-corrected chi connectivity index (χ0v) is 22.0. The van der Waals surface area contributed by atoms with Gasteiger partial charge in [-0.3, -0.25) is 4.79 Å². The van der Waals surface area contributed by atoms with Gasteiger partial charge in [0.15, 0.2) is 5.65 Å². The number of aliphatic carboxylic acids is 1. The number of rotatable bonds is 4. The van der Waals surface area contributed by atoms with E-state index in [0.29, 0.717) is 37.8 Å². The van der Waals surface area contributed by atoms with E-state index in [9.17, 15) is 31.1 Å². The van der Waals surface area contributed by atoms with Crippen LogP contribution in [0, 0.1) is 0 Å². The summed E-state index contributed by atoms with van der Waals surface area (Å²) in [4.78, 5) is 30.4. The maximum Gasteiger partial charge on any atom is 0.490 e. The van der Waals surface area contributed by atoms with Gasteiger partial charge in [0.05, 0.1) is 30.7 Å². The van der Waals surface area contributed by atoms with Crippen molar-refractivity contribution in [1.29, 1.82) is 0 Å².